The molecule has 0 fully saturated rings. The number of guanidine groups is 1. The Balaban J connectivity index is 0.00000450. The molecule has 0 bridgehead atoms. The van der Waals surface area contributed by atoms with Crippen LogP contribution in [0.5, 0.6) is 0 Å². The smallest absolute Gasteiger partial charge is 0.226 e. The Morgan fingerprint density at radius 2 is 1.90 bits per heavy atom. The molecule has 0 aliphatic heterocycles. The van der Waals surface area contributed by atoms with Gasteiger partial charge in [-0.05, 0) is 58.5 Å². The number of oxazole rings is 1. The molecule has 2 N–H and O–H groups in total. The van der Waals surface area contributed by atoms with E-state index in [0.717, 1.165) is 56.2 Å². The second-order valence-electron chi connectivity index (χ2n) is 7.47. The Labute approximate surface area is 199 Å². The first kappa shape index (κ1) is 26.4. The zero-order chi connectivity index (χ0) is 21.1. The lowest BCUT2D eigenvalue weighted by Gasteiger charge is -2.21. The summed E-state index contributed by atoms with van der Waals surface area (Å²) in [6.45, 7) is 12.9. The molecule has 2 aromatic rings. The summed E-state index contributed by atoms with van der Waals surface area (Å²) in [4.78, 5) is 11.4. The van der Waals surface area contributed by atoms with E-state index in [1.54, 1.807) is 6.26 Å². The average Bonchev–Trinajstić information content (AvgIpc) is 3.20. The van der Waals surface area contributed by atoms with Crippen LogP contribution < -0.4 is 10.6 Å². The lowest BCUT2D eigenvalue weighted by Crippen LogP contribution is -2.43. The maximum Gasteiger partial charge on any atom is 0.226 e. The van der Waals surface area contributed by atoms with Crippen LogP contribution in [0.15, 0.2) is 39.9 Å². The topological polar surface area (TPSA) is 65.7 Å². The summed E-state index contributed by atoms with van der Waals surface area (Å²) in [6, 6.07) is 8.60. The fourth-order valence-electron chi connectivity index (χ4n) is 3.22. The SMILES string of the molecule is CCN(CC)CCCC(C)NC(=NC)NCCc1coc(-c2ccc(C)cc2)n1.I. The fourth-order valence-corrected chi connectivity index (χ4v) is 3.22. The van der Waals surface area contributed by atoms with Crippen LogP contribution >= 0.6 is 24.0 Å². The molecule has 1 unspecified atom stereocenters. The van der Waals surface area contributed by atoms with Crippen LogP contribution in [0.2, 0.25) is 0 Å². The fraction of sp³-hybridized carbons (Fsp3) is 0.565. The zero-order valence-electron chi connectivity index (χ0n) is 19.1. The molecule has 6 nitrogen and oxygen atoms in total. The summed E-state index contributed by atoms with van der Waals surface area (Å²) in [5.74, 6) is 1.51. The molecule has 168 valence electrons. The third-order valence-electron chi connectivity index (χ3n) is 5.14. The number of nitrogens with one attached hydrogen (secondary N) is 2. The van der Waals surface area contributed by atoms with E-state index in [0.29, 0.717) is 11.9 Å². The second kappa shape index (κ2) is 14.4. The second-order valence-corrected chi connectivity index (χ2v) is 7.47. The summed E-state index contributed by atoms with van der Waals surface area (Å²) < 4.78 is 5.63. The van der Waals surface area contributed by atoms with Crippen LogP contribution in [0.1, 0.15) is 44.9 Å². The number of aliphatic imine (C=N–C) groups is 1. The van der Waals surface area contributed by atoms with Gasteiger partial charge in [0.1, 0.15) is 6.26 Å². The van der Waals surface area contributed by atoms with Crippen molar-refractivity contribution >= 4 is 29.9 Å². The molecule has 0 amide bonds. The first-order valence-electron chi connectivity index (χ1n) is 10.8. The van der Waals surface area contributed by atoms with Gasteiger partial charge in [0.2, 0.25) is 5.89 Å². The first-order valence-corrected chi connectivity index (χ1v) is 10.8. The molecule has 0 spiro atoms. The largest absolute Gasteiger partial charge is 0.444 e. The molecule has 0 saturated carbocycles. The van der Waals surface area contributed by atoms with Crippen molar-refractivity contribution in [2.75, 3.05) is 33.2 Å². The van der Waals surface area contributed by atoms with Gasteiger partial charge in [-0.15, -0.1) is 24.0 Å². The quantitative estimate of drug-likeness (QED) is 0.256. The van der Waals surface area contributed by atoms with E-state index < -0.39 is 0 Å². The minimum Gasteiger partial charge on any atom is -0.444 e. The van der Waals surface area contributed by atoms with E-state index >= 15 is 0 Å². The molecule has 0 saturated heterocycles. The van der Waals surface area contributed by atoms with E-state index in [2.05, 4.69) is 65.3 Å². The van der Waals surface area contributed by atoms with Crippen LogP contribution in [0, 0.1) is 6.92 Å². The van der Waals surface area contributed by atoms with Gasteiger partial charge in [0.05, 0.1) is 5.69 Å². The van der Waals surface area contributed by atoms with Crippen molar-refractivity contribution < 1.29 is 4.42 Å². The molecule has 2 rings (SSSR count). The lowest BCUT2D eigenvalue weighted by molar-refractivity contribution is 0.292. The minimum atomic E-state index is 0. The van der Waals surface area contributed by atoms with Crippen molar-refractivity contribution in [2.45, 2.75) is 53.0 Å². The Morgan fingerprint density at radius 3 is 2.53 bits per heavy atom. The zero-order valence-corrected chi connectivity index (χ0v) is 21.4. The van der Waals surface area contributed by atoms with E-state index in [-0.39, 0.29) is 24.0 Å². The third kappa shape index (κ3) is 9.04. The van der Waals surface area contributed by atoms with Crippen LogP contribution in [0.3, 0.4) is 0 Å². The molecular weight excluding hydrogens is 489 g/mol. The van der Waals surface area contributed by atoms with Crippen molar-refractivity contribution in [1.82, 2.24) is 20.5 Å². The van der Waals surface area contributed by atoms with Crippen molar-refractivity contribution in [2.24, 2.45) is 4.99 Å². The average molecular weight is 527 g/mol. The maximum absolute atomic E-state index is 5.63. The molecule has 0 aliphatic carbocycles. The maximum atomic E-state index is 5.63. The van der Waals surface area contributed by atoms with Crippen LogP contribution in [0.25, 0.3) is 11.5 Å². The Morgan fingerprint density at radius 1 is 1.20 bits per heavy atom. The van der Waals surface area contributed by atoms with Crippen molar-refractivity contribution in [3.05, 3.63) is 41.8 Å². The van der Waals surface area contributed by atoms with Gasteiger partial charge in [-0.1, -0.05) is 31.5 Å². The van der Waals surface area contributed by atoms with E-state index in [9.17, 15) is 0 Å². The van der Waals surface area contributed by atoms with Gasteiger partial charge in [-0.2, -0.15) is 0 Å². The van der Waals surface area contributed by atoms with Gasteiger partial charge < -0.3 is 20.0 Å². The summed E-state index contributed by atoms with van der Waals surface area (Å²) in [6.07, 6.45) is 4.84. The number of halogens is 1. The summed E-state index contributed by atoms with van der Waals surface area (Å²) in [5, 5.41) is 6.85. The van der Waals surface area contributed by atoms with E-state index in [4.69, 9.17) is 4.42 Å². The summed E-state index contributed by atoms with van der Waals surface area (Å²) in [5.41, 5.74) is 3.17. The molecule has 1 aromatic carbocycles. The van der Waals surface area contributed by atoms with Gasteiger partial charge in [0.15, 0.2) is 5.96 Å². The standard InChI is InChI=1S/C23H37N5O.HI/c1-6-28(7-2)16-8-9-19(4)26-23(24-5)25-15-14-21-17-29-22(27-21)20-12-10-18(3)11-13-20;/h10-13,17,19H,6-9,14-16H2,1-5H3,(H2,24,25,26);1H. The number of hydrogen-bond donors (Lipinski definition) is 2. The molecular formula is C23H38IN5O. The van der Waals surface area contributed by atoms with Gasteiger partial charge in [0.25, 0.3) is 0 Å². The highest BCUT2D eigenvalue weighted by Crippen LogP contribution is 2.19. The monoisotopic (exact) mass is 527 g/mol. The normalized spacial score (nSPS) is 12.5. The highest BCUT2D eigenvalue weighted by atomic mass is 127. The number of nitrogens with zero attached hydrogens (tertiary/aromatic N) is 3. The molecule has 0 aliphatic rings. The summed E-state index contributed by atoms with van der Waals surface area (Å²) in [7, 11) is 1.81. The van der Waals surface area contributed by atoms with Crippen molar-refractivity contribution in [3.8, 4) is 11.5 Å². The van der Waals surface area contributed by atoms with Crippen LogP contribution in [0.4, 0.5) is 0 Å². The molecule has 7 heteroatoms. The first-order chi connectivity index (χ1) is 14.0. The van der Waals surface area contributed by atoms with Crippen molar-refractivity contribution in [1.29, 1.82) is 0 Å². The van der Waals surface area contributed by atoms with Gasteiger partial charge >= 0.3 is 0 Å². The van der Waals surface area contributed by atoms with Crippen LogP contribution in [-0.2, 0) is 6.42 Å². The van der Waals surface area contributed by atoms with Crippen LogP contribution in [-0.4, -0.2) is 55.1 Å². The van der Waals surface area contributed by atoms with Gasteiger partial charge in [0, 0.05) is 31.6 Å². The van der Waals surface area contributed by atoms with Gasteiger partial charge in [-0.3, -0.25) is 4.99 Å². The molecule has 0 radical (unpaired) electrons. The Hall–Kier alpha value is -1.61. The highest BCUT2D eigenvalue weighted by Gasteiger charge is 2.09. The Kier molecular flexibility index (Phi) is 12.7. The van der Waals surface area contributed by atoms with E-state index in [1.807, 2.05) is 19.2 Å². The number of rotatable bonds is 11. The highest BCUT2D eigenvalue weighted by molar-refractivity contribution is 14.0. The van der Waals surface area contributed by atoms with E-state index in [1.165, 1.54) is 12.0 Å². The third-order valence-corrected chi connectivity index (χ3v) is 5.14. The predicted octanol–water partition coefficient (Wildman–Crippen LogP) is 4.49. The molecule has 1 heterocycles. The minimum absolute atomic E-state index is 0. The number of hydrogen-bond acceptors (Lipinski definition) is 4. The number of aromatic nitrogens is 1. The number of benzene rings is 1. The summed E-state index contributed by atoms with van der Waals surface area (Å²) >= 11 is 0. The Bertz CT molecular complexity index is 740. The molecule has 1 atom stereocenters. The van der Waals surface area contributed by atoms with Crippen molar-refractivity contribution in [3.63, 3.8) is 0 Å². The molecule has 30 heavy (non-hydrogen) atoms. The molecule has 1 aromatic heterocycles. The lowest BCUT2D eigenvalue weighted by atomic mass is 10.1. The predicted molar refractivity (Wildman–Crippen MR) is 137 cm³/mol. The van der Waals surface area contributed by atoms with Gasteiger partial charge in [-0.25, -0.2) is 4.98 Å². The number of aryl methyl sites for hydroxylation is 1.